The van der Waals surface area contributed by atoms with Crippen molar-refractivity contribution in [2.45, 2.75) is 13.2 Å². The first kappa shape index (κ1) is 20.3. The molecule has 1 amide bonds. The van der Waals surface area contributed by atoms with Gasteiger partial charge in [0.1, 0.15) is 11.5 Å². The average molecular weight is 416 g/mol. The quantitative estimate of drug-likeness (QED) is 0.287. The Morgan fingerprint density at radius 1 is 0.968 bits per heavy atom. The minimum absolute atomic E-state index is 0.330. The van der Waals surface area contributed by atoms with E-state index in [4.69, 9.17) is 14.2 Å². The molecule has 0 unspecified atom stereocenters. The lowest BCUT2D eigenvalue weighted by molar-refractivity contribution is 0.0734. The van der Waals surface area contributed by atoms with Crippen LogP contribution in [0.15, 0.2) is 71.8 Å². The summed E-state index contributed by atoms with van der Waals surface area (Å²) >= 11 is 0. The van der Waals surface area contributed by atoms with Gasteiger partial charge in [-0.25, -0.2) is 10.2 Å². The predicted molar refractivity (Wildman–Crippen MR) is 114 cm³/mol. The third-order valence-corrected chi connectivity index (χ3v) is 4.80. The van der Waals surface area contributed by atoms with Crippen LogP contribution in [-0.4, -0.2) is 25.2 Å². The van der Waals surface area contributed by atoms with E-state index in [9.17, 15) is 9.59 Å². The normalized spacial score (nSPS) is 12.4. The number of para-hydroxylation sites is 1. The van der Waals surface area contributed by atoms with Crippen LogP contribution >= 0.6 is 0 Å². The maximum absolute atomic E-state index is 12.4. The summed E-state index contributed by atoms with van der Waals surface area (Å²) < 4.78 is 16.0. The number of amides is 1. The van der Waals surface area contributed by atoms with Crippen molar-refractivity contribution in [1.29, 1.82) is 0 Å². The Hall–Kier alpha value is -3.97. The number of hydrogen-bond donors (Lipinski definition) is 1. The van der Waals surface area contributed by atoms with E-state index < -0.39 is 5.97 Å². The van der Waals surface area contributed by atoms with E-state index in [2.05, 4.69) is 10.5 Å². The van der Waals surface area contributed by atoms with Gasteiger partial charge >= 0.3 is 5.97 Å². The first-order valence-electron chi connectivity index (χ1n) is 9.62. The van der Waals surface area contributed by atoms with Crippen LogP contribution in [0.3, 0.4) is 0 Å². The highest BCUT2D eigenvalue weighted by Gasteiger charge is 2.14. The van der Waals surface area contributed by atoms with Gasteiger partial charge in [0.05, 0.1) is 32.1 Å². The maximum atomic E-state index is 12.4. The summed E-state index contributed by atoms with van der Waals surface area (Å²) in [6.07, 6.45) is 1.44. The molecular weight excluding hydrogens is 396 g/mol. The molecule has 3 aromatic carbocycles. The SMILES string of the molecule is COc1ccc(C(=O)Oc2ccccc2C=NNC(=O)c2ccc3c(c2)COC3)cc1. The third-order valence-electron chi connectivity index (χ3n) is 4.80. The second-order valence-corrected chi connectivity index (χ2v) is 6.83. The molecule has 0 aromatic heterocycles. The van der Waals surface area contributed by atoms with E-state index in [1.165, 1.54) is 6.21 Å². The lowest BCUT2D eigenvalue weighted by Gasteiger charge is -2.08. The van der Waals surface area contributed by atoms with Crippen molar-refractivity contribution >= 4 is 18.1 Å². The molecule has 0 fully saturated rings. The fourth-order valence-corrected chi connectivity index (χ4v) is 3.10. The molecule has 0 atom stereocenters. The van der Waals surface area contributed by atoms with Crippen molar-refractivity contribution in [1.82, 2.24) is 5.43 Å². The Labute approximate surface area is 179 Å². The molecule has 156 valence electrons. The Morgan fingerprint density at radius 2 is 1.71 bits per heavy atom. The number of rotatable bonds is 6. The van der Waals surface area contributed by atoms with Gasteiger partial charge in [0.2, 0.25) is 0 Å². The van der Waals surface area contributed by atoms with Gasteiger partial charge in [-0.2, -0.15) is 5.10 Å². The molecule has 1 N–H and O–H groups in total. The van der Waals surface area contributed by atoms with Gasteiger partial charge in [-0.05, 0) is 59.7 Å². The van der Waals surface area contributed by atoms with E-state index in [1.807, 2.05) is 6.07 Å². The number of hydrogen-bond acceptors (Lipinski definition) is 6. The largest absolute Gasteiger partial charge is 0.497 e. The van der Waals surface area contributed by atoms with Crippen LogP contribution < -0.4 is 14.9 Å². The number of nitrogens with zero attached hydrogens (tertiary/aromatic N) is 1. The minimum atomic E-state index is -0.507. The van der Waals surface area contributed by atoms with Gasteiger partial charge < -0.3 is 14.2 Å². The molecule has 31 heavy (non-hydrogen) atoms. The summed E-state index contributed by atoms with van der Waals surface area (Å²) in [4.78, 5) is 24.8. The summed E-state index contributed by atoms with van der Waals surface area (Å²) in [7, 11) is 1.56. The molecule has 7 heteroatoms. The Kier molecular flexibility index (Phi) is 6.05. The number of methoxy groups -OCH3 is 1. The highest BCUT2D eigenvalue weighted by Crippen LogP contribution is 2.21. The topological polar surface area (TPSA) is 86.2 Å². The van der Waals surface area contributed by atoms with Crippen molar-refractivity contribution in [3.63, 3.8) is 0 Å². The van der Waals surface area contributed by atoms with Crippen molar-refractivity contribution in [3.8, 4) is 11.5 Å². The van der Waals surface area contributed by atoms with Crippen LogP contribution in [0.2, 0.25) is 0 Å². The smallest absolute Gasteiger partial charge is 0.343 e. The number of esters is 1. The van der Waals surface area contributed by atoms with Gasteiger partial charge in [0, 0.05) is 11.1 Å². The number of carbonyl (C=O) groups excluding carboxylic acids is 2. The number of fused-ring (bicyclic) bond motifs is 1. The van der Waals surface area contributed by atoms with Crippen LogP contribution in [0.4, 0.5) is 0 Å². The van der Waals surface area contributed by atoms with Crippen LogP contribution in [0, 0.1) is 0 Å². The van der Waals surface area contributed by atoms with E-state index in [0.29, 0.717) is 41.4 Å². The van der Waals surface area contributed by atoms with E-state index in [-0.39, 0.29) is 5.91 Å². The molecule has 3 aromatic rings. The number of carbonyl (C=O) groups is 2. The molecule has 1 aliphatic heterocycles. The zero-order valence-corrected chi connectivity index (χ0v) is 16.8. The van der Waals surface area contributed by atoms with Gasteiger partial charge in [-0.1, -0.05) is 18.2 Å². The first-order valence-corrected chi connectivity index (χ1v) is 9.62. The van der Waals surface area contributed by atoms with Crippen molar-refractivity contribution in [2.24, 2.45) is 5.10 Å². The Bertz CT molecular complexity index is 1140. The summed E-state index contributed by atoms with van der Waals surface area (Å²) in [5, 5.41) is 4.01. The highest BCUT2D eigenvalue weighted by molar-refractivity contribution is 5.96. The van der Waals surface area contributed by atoms with Crippen LogP contribution in [0.5, 0.6) is 11.5 Å². The highest BCUT2D eigenvalue weighted by atomic mass is 16.5. The summed E-state index contributed by atoms with van der Waals surface area (Å²) in [5.41, 5.74) is 6.04. The lowest BCUT2D eigenvalue weighted by Crippen LogP contribution is -2.18. The fraction of sp³-hybridized carbons (Fsp3) is 0.125. The van der Waals surface area contributed by atoms with E-state index in [0.717, 1.165) is 11.1 Å². The maximum Gasteiger partial charge on any atom is 0.343 e. The number of benzene rings is 3. The second-order valence-electron chi connectivity index (χ2n) is 6.83. The summed E-state index contributed by atoms with van der Waals surface area (Å²) in [6, 6.07) is 19.0. The average Bonchev–Trinajstić information content (AvgIpc) is 3.28. The molecule has 0 aliphatic carbocycles. The Morgan fingerprint density at radius 3 is 2.52 bits per heavy atom. The van der Waals surface area contributed by atoms with Gasteiger partial charge in [0.25, 0.3) is 5.91 Å². The Balaban J connectivity index is 1.42. The fourth-order valence-electron chi connectivity index (χ4n) is 3.10. The van der Waals surface area contributed by atoms with Gasteiger partial charge in [-0.15, -0.1) is 0 Å². The molecule has 0 bridgehead atoms. The van der Waals surface area contributed by atoms with Crippen molar-refractivity contribution < 1.29 is 23.8 Å². The monoisotopic (exact) mass is 416 g/mol. The number of hydrazone groups is 1. The molecule has 0 radical (unpaired) electrons. The van der Waals surface area contributed by atoms with Crippen LogP contribution in [0.1, 0.15) is 37.4 Å². The molecular formula is C24H20N2O5. The number of nitrogens with one attached hydrogen (secondary N) is 1. The first-order chi connectivity index (χ1) is 15.1. The zero-order valence-electron chi connectivity index (χ0n) is 16.8. The molecule has 0 spiro atoms. The minimum Gasteiger partial charge on any atom is -0.497 e. The van der Waals surface area contributed by atoms with Crippen molar-refractivity contribution in [3.05, 3.63) is 94.5 Å². The lowest BCUT2D eigenvalue weighted by atomic mass is 10.1. The zero-order chi connectivity index (χ0) is 21.6. The molecule has 1 heterocycles. The predicted octanol–water partition coefficient (Wildman–Crippen LogP) is 3.71. The third kappa shape index (κ3) is 4.79. The van der Waals surface area contributed by atoms with Crippen LogP contribution in [0.25, 0.3) is 0 Å². The van der Waals surface area contributed by atoms with E-state index in [1.54, 1.807) is 67.8 Å². The number of ether oxygens (including phenoxy) is 3. The van der Waals surface area contributed by atoms with Gasteiger partial charge in [0.15, 0.2) is 0 Å². The second kappa shape index (κ2) is 9.23. The molecule has 1 aliphatic rings. The molecule has 4 rings (SSSR count). The molecule has 0 saturated carbocycles. The summed E-state index contributed by atoms with van der Waals surface area (Å²) in [6.45, 7) is 1.08. The molecule has 7 nitrogen and oxygen atoms in total. The standard InChI is InChI=1S/C24H20N2O5/c1-29-21-10-8-16(9-11-21)24(28)31-22-5-3-2-4-18(22)13-25-26-23(27)17-6-7-19-14-30-15-20(19)12-17/h2-13H,14-15H2,1H3,(H,26,27). The molecule has 0 saturated heterocycles. The van der Waals surface area contributed by atoms with Crippen LogP contribution in [-0.2, 0) is 18.0 Å². The van der Waals surface area contributed by atoms with Crippen molar-refractivity contribution in [2.75, 3.05) is 7.11 Å². The summed E-state index contributed by atoms with van der Waals surface area (Å²) in [5.74, 6) is 0.137. The van der Waals surface area contributed by atoms with E-state index >= 15 is 0 Å². The van der Waals surface area contributed by atoms with Gasteiger partial charge in [-0.3, -0.25) is 4.79 Å².